The van der Waals surface area contributed by atoms with Crippen molar-refractivity contribution in [1.29, 1.82) is 0 Å². The second-order valence-corrected chi connectivity index (χ2v) is 10.1. The topological polar surface area (TPSA) is 108 Å². The van der Waals surface area contributed by atoms with Gasteiger partial charge < -0.3 is 29.6 Å². The first-order valence-electron chi connectivity index (χ1n) is 12.1. The van der Waals surface area contributed by atoms with Crippen LogP contribution in [0, 0.1) is 0 Å². The fourth-order valence-electron chi connectivity index (χ4n) is 4.30. The summed E-state index contributed by atoms with van der Waals surface area (Å²) < 4.78 is 12.0. The maximum Gasteiger partial charge on any atom is 0.407 e. The minimum atomic E-state index is -0.544. The molecule has 8 nitrogen and oxygen atoms in total. The number of phenolic OH excluding ortho intramolecular Hbond substituents is 1. The zero-order valence-electron chi connectivity index (χ0n) is 20.5. The molecule has 1 fully saturated rings. The Labute approximate surface area is 215 Å². The van der Waals surface area contributed by atoms with Gasteiger partial charge in [0.2, 0.25) is 0 Å². The minimum absolute atomic E-state index is 0.0107. The number of aromatic nitrogens is 1. The van der Waals surface area contributed by atoms with Crippen LogP contribution in [-0.2, 0) is 10.2 Å². The monoisotopic (exact) mass is 513 g/mol. The number of aliphatic hydroxyl groups is 1. The molecule has 1 amide bonds. The van der Waals surface area contributed by atoms with Crippen molar-refractivity contribution in [2.24, 2.45) is 0 Å². The van der Waals surface area contributed by atoms with E-state index in [1.54, 1.807) is 24.5 Å². The zero-order valence-corrected chi connectivity index (χ0v) is 21.3. The Morgan fingerprint density at radius 2 is 1.92 bits per heavy atom. The van der Waals surface area contributed by atoms with Crippen molar-refractivity contribution >= 4 is 17.7 Å². The van der Waals surface area contributed by atoms with Crippen LogP contribution in [0.5, 0.6) is 5.75 Å². The predicted molar refractivity (Wildman–Crippen MR) is 138 cm³/mol. The zero-order chi connectivity index (χ0) is 25.7. The van der Waals surface area contributed by atoms with Gasteiger partial charge in [-0.15, -0.1) is 0 Å². The van der Waals surface area contributed by atoms with Gasteiger partial charge in [-0.2, -0.15) is 0 Å². The molecule has 0 radical (unpaired) electrons. The Balaban J connectivity index is 1.48. The number of alkyl carbamates (subject to hydrolysis) is 1. The lowest BCUT2D eigenvalue weighted by molar-refractivity contribution is 0.0453. The van der Waals surface area contributed by atoms with E-state index in [0.29, 0.717) is 24.6 Å². The molecule has 3 heterocycles. The minimum Gasteiger partial charge on any atom is -0.506 e. The molecule has 0 bridgehead atoms. The molecule has 4 rings (SSSR count). The smallest absolute Gasteiger partial charge is 0.407 e. The number of benzene rings is 1. The number of aliphatic hydroxyl groups excluding tert-OH is 1. The molecule has 0 aliphatic carbocycles. The Hall–Kier alpha value is -3.07. The van der Waals surface area contributed by atoms with Crippen molar-refractivity contribution in [2.75, 3.05) is 32.8 Å². The molecule has 1 aliphatic rings. The molecule has 3 N–H and O–H groups in total. The van der Waals surface area contributed by atoms with Crippen LogP contribution < -0.4 is 5.32 Å². The lowest BCUT2D eigenvalue weighted by Crippen LogP contribution is -2.42. The fourth-order valence-corrected chi connectivity index (χ4v) is 4.42. The van der Waals surface area contributed by atoms with Crippen LogP contribution in [0.3, 0.4) is 0 Å². The number of β-amino-alcohol motifs (C(OH)–C–C–N with tert-alkyl or cyclic N) is 1. The van der Waals surface area contributed by atoms with E-state index in [1.165, 1.54) is 0 Å². The van der Waals surface area contributed by atoms with Crippen molar-refractivity contribution in [3.8, 4) is 28.2 Å². The van der Waals surface area contributed by atoms with Crippen LogP contribution in [0.15, 0.2) is 53.2 Å². The highest BCUT2D eigenvalue weighted by atomic mass is 35.5. The normalized spacial score (nSPS) is 15.1. The van der Waals surface area contributed by atoms with E-state index < -0.39 is 11.5 Å². The first-order chi connectivity index (χ1) is 17.3. The average molecular weight is 514 g/mol. The number of likely N-dealkylation sites (tertiary alicyclic amines) is 1. The number of phenols is 1. The van der Waals surface area contributed by atoms with Gasteiger partial charge in [-0.1, -0.05) is 31.5 Å². The lowest BCUT2D eigenvalue weighted by Gasteiger charge is -2.31. The van der Waals surface area contributed by atoms with Crippen LogP contribution in [0.25, 0.3) is 22.5 Å². The third-order valence-electron chi connectivity index (χ3n) is 6.50. The molecule has 1 aromatic carbocycles. The Kier molecular flexibility index (Phi) is 8.18. The standard InChI is InChI=1S/C27H32ClN3O5/c1-27(2,17-30-26(34)35-20-7-11-31(12-8-20)13-14-32)24-16-21(19-3-4-22(28)23(33)15-19)25(36-24)18-5-9-29-10-6-18/h3-6,9-10,15-16,20,32-33H,7-8,11-14,17H2,1-2H3,(H,30,34). The SMILES string of the molecule is CC(C)(CNC(=O)OC1CCN(CCO)CC1)c1cc(-c2ccc(Cl)c(O)c2)c(-c2ccncc2)o1. The summed E-state index contributed by atoms with van der Waals surface area (Å²) in [5.74, 6) is 1.30. The highest BCUT2D eigenvalue weighted by molar-refractivity contribution is 6.32. The highest BCUT2D eigenvalue weighted by Gasteiger charge is 2.29. The van der Waals surface area contributed by atoms with Gasteiger partial charge in [-0.05, 0) is 48.7 Å². The molecule has 0 saturated carbocycles. The summed E-state index contributed by atoms with van der Waals surface area (Å²) in [5, 5.41) is 22.4. The van der Waals surface area contributed by atoms with Crippen LogP contribution in [0.4, 0.5) is 4.79 Å². The summed E-state index contributed by atoms with van der Waals surface area (Å²) in [5.41, 5.74) is 1.86. The van der Waals surface area contributed by atoms with Crippen LogP contribution in [-0.4, -0.2) is 65.1 Å². The number of furan rings is 1. The number of nitrogens with one attached hydrogen (secondary N) is 1. The molecule has 1 saturated heterocycles. The van der Waals surface area contributed by atoms with E-state index in [9.17, 15) is 9.90 Å². The number of amides is 1. The van der Waals surface area contributed by atoms with E-state index in [0.717, 1.165) is 42.6 Å². The van der Waals surface area contributed by atoms with Crippen LogP contribution >= 0.6 is 11.6 Å². The van der Waals surface area contributed by atoms with E-state index in [1.807, 2.05) is 38.1 Å². The summed E-state index contributed by atoms with van der Waals surface area (Å²) >= 11 is 6.02. The number of carbonyl (C=O) groups excluding carboxylic acids is 1. The first kappa shape index (κ1) is 26.0. The number of piperidine rings is 1. The number of nitrogens with zero attached hydrogens (tertiary/aromatic N) is 2. The number of rotatable bonds is 8. The van der Waals surface area contributed by atoms with Gasteiger partial charge in [0.15, 0.2) is 0 Å². The van der Waals surface area contributed by atoms with Crippen molar-refractivity contribution < 1.29 is 24.2 Å². The van der Waals surface area contributed by atoms with Crippen molar-refractivity contribution in [3.63, 3.8) is 0 Å². The number of hydrogen-bond acceptors (Lipinski definition) is 7. The predicted octanol–water partition coefficient (Wildman–Crippen LogP) is 4.83. The van der Waals surface area contributed by atoms with E-state index >= 15 is 0 Å². The summed E-state index contributed by atoms with van der Waals surface area (Å²) in [7, 11) is 0. The van der Waals surface area contributed by atoms with Gasteiger partial charge in [0.1, 0.15) is 23.4 Å². The molecular formula is C27H32ClN3O5. The average Bonchev–Trinajstić information content (AvgIpc) is 3.33. The van der Waals surface area contributed by atoms with E-state index in [-0.39, 0.29) is 23.5 Å². The van der Waals surface area contributed by atoms with Gasteiger partial charge >= 0.3 is 6.09 Å². The van der Waals surface area contributed by atoms with Gasteiger partial charge in [-0.25, -0.2) is 4.79 Å². The third-order valence-corrected chi connectivity index (χ3v) is 6.82. The maximum absolute atomic E-state index is 12.5. The largest absolute Gasteiger partial charge is 0.506 e. The summed E-state index contributed by atoms with van der Waals surface area (Å²) in [4.78, 5) is 18.8. The van der Waals surface area contributed by atoms with E-state index in [2.05, 4.69) is 15.2 Å². The molecule has 1 aliphatic heterocycles. The molecule has 3 aromatic rings. The molecule has 192 valence electrons. The lowest BCUT2D eigenvalue weighted by atomic mass is 9.89. The Morgan fingerprint density at radius 3 is 2.58 bits per heavy atom. The van der Waals surface area contributed by atoms with Gasteiger partial charge in [-0.3, -0.25) is 4.98 Å². The molecule has 36 heavy (non-hydrogen) atoms. The number of halogens is 1. The van der Waals surface area contributed by atoms with Crippen LogP contribution in [0.2, 0.25) is 5.02 Å². The number of pyridine rings is 1. The fraction of sp³-hybridized carbons (Fsp3) is 0.407. The highest BCUT2D eigenvalue weighted by Crippen LogP contribution is 2.40. The summed E-state index contributed by atoms with van der Waals surface area (Å²) in [6.07, 6.45) is 4.31. The first-order valence-corrected chi connectivity index (χ1v) is 12.5. The summed E-state index contributed by atoms with van der Waals surface area (Å²) in [6.45, 7) is 6.67. The third kappa shape index (κ3) is 6.19. The number of aromatic hydroxyl groups is 1. The molecular weight excluding hydrogens is 482 g/mol. The summed E-state index contributed by atoms with van der Waals surface area (Å²) in [6, 6.07) is 10.7. The second-order valence-electron chi connectivity index (χ2n) is 9.66. The second kappa shape index (κ2) is 11.3. The number of hydrogen-bond donors (Lipinski definition) is 3. The van der Waals surface area contributed by atoms with E-state index in [4.69, 9.17) is 25.9 Å². The quantitative estimate of drug-likeness (QED) is 0.396. The van der Waals surface area contributed by atoms with Crippen LogP contribution in [0.1, 0.15) is 32.4 Å². The molecule has 0 atom stereocenters. The van der Waals surface area contributed by atoms with Crippen molar-refractivity contribution in [2.45, 2.75) is 38.2 Å². The number of carbonyl (C=O) groups is 1. The number of ether oxygens (including phenoxy) is 1. The van der Waals surface area contributed by atoms with Gasteiger partial charge in [0.05, 0.1) is 11.6 Å². The molecule has 0 unspecified atom stereocenters. The Bertz CT molecular complexity index is 1170. The maximum atomic E-state index is 12.5. The molecule has 0 spiro atoms. The van der Waals surface area contributed by atoms with Crippen molar-refractivity contribution in [1.82, 2.24) is 15.2 Å². The van der Waals surface area contributed by atoms with Gasteiger partial charge in [0.25, 0.3) is 0 Å². The van der Waals surface area contributed by atoms with Crippen molar-refractivity contribution in [3.05, 3.63) is 59.6 Å². The molecule has 2 aromatic heterocycles. The molecule has 9 heteroatoms. The van der Waals surface area contributed by atoms with Gasteiger partial charge in [0, 0.05) is 55.1 Å². The Morgan fingerprint density at radius 1 is 1.19 bits per heavy atom.